The molecule has 1 saturated heterocycles. The van der Waals surface area contributed by atoms with Crippen molar-refractivity contribution < 1.29 is 4.74 Å². The van der Waals surface area contributed by atoms with Crippen molar-refractivity contribution in [1.82, 2.24) is 0 Å². The highest BCUT2D eigenvalue weighted by molar-refractivity contribution is 4.75. The van der Waals surface area contributed by atoms with E-state index in [9.17, 15) is 0 Å². The van der Waals surface area contributed by atoms with Crippen LogP contribution in [0.5, 0.6) is 0 Å². The van der Waals surface area contributed by atoms with Gasteiger partial charge in [-0.3, -0.25) is 0 Å². The van der Waals surface area contributed by atoms with Gasteiger partial charge in [0.05, 0.1) is 6.10 Å². The minimum absolute atomic E-state index is 0.295. The number of nitrogens with two attached hydrogens (primary N) is 1. The summed E-state index contributed by atoms with van der Waals surface area (Å²) in [5, 5.41) is 0. The molecule has 0 radical (unpaired) electrons. The second-order valence-electron chi connectivity index (χ2n) is 2.62. The molecule has 1 aliphatic rings. The van der Waals surface area contributed by atoms with Gasteiger partial charge in [0.15, 0.2) is 0 Å². The quantitative estimate of drug-likeness (QED) is 0.571. The van der Waals surface area contributed by atoms with E-state index in [0.717, 1.165) is 25.9 Å². The molecular formula is C7H15NO. The van der Waals surface area contributed by atoms with Crippen LogP contribution >= 0.6 is 0 Å². The number of ether oxygens (including phenoxy) is 1. The first-order chi connectivity index (χ1) is 4.34. The molecule has 2 N–H and O–H groups in total. The van der Waals surface area contributed by atoms with E-state index in [1.54, 1.807) is 0 Å². The summed E-state index contributed by atoms with van der Waals surface area (Å²) in [5.41, 5.74) is 5.76. The lowest BCUT2D eigenvalue weighted by Crippen LogP contribution is -2.40. The Balaban J connectivity index is 2.30. The Bertz CT molecular complexity index is 85.0. The van der Waals surface area contributed by atoms with E-state index in [4.69, 9.17) is 10.5 Å². The van der Waals surface area contributed by atoms with E-state index >= 15 is 0 Å². The van der Waals surface area contributed by atoms with Gasteiger partial charge in [-0.2, -0.15) is 0 Å². The van der Waals surface area contributed by atoms with Gasteiger partial charge < -0.3 is 10.5 Å². The smallest absolute Gasteiger partial charge is 0.0723 e. The van der Waals surface area contributed by atoms with Gasteiger partial charge in [0.1, 0.15) is 0 Å². The molecule has 0 amide bonds. The molecular weight excluding hydrogens is 114 g/mol. The largest absolute Gasteiger partial charge is 0.377 e. The third kappa shape index (κ3) is 1.66. The number of hydrogen-bond acceptors (Lipinski definition) is 2. The van der Waals surface area contributed by atoms with Gasteiger partial charge >= 0.3 is 0 Å². The first-order valence-corrected chi connectivity index (χ1v) is 3.71. The van der Waals surface area contributed by atoms with Gasteiger partial charge in [0.25, 0.3) is 0 Å². The minimum Gasteiger partial charge on any atom is -0.377 e. The molecule has 1 heterocycles. The third-order valence-corrected chi connectivity index (χ3v) is 1.89. The van der Waals surface area contributed by atoms with Crippen molar-refractivity contribution in [2.24, 2.45) is 5.73 Å². The normalized spacial score (nSPS) is 36.7. The highest BCUT2D eigenvalue weighted by atomic mass is 16.5. The first kappa shape index (κ1) is 7.03. The van der Waals surface area contributed by atoms with E-state index in [-0.39, 0.29) is 0 Å². The van der Waals surface area contributed by atoms with Crippen LogP contribution in [0.1, 0.15) is 26.2 Å². The second kappa shape index (κ2) is 3.18. The molecule has 9 heavy (non-hydrogen) atoms. The zero-order valence-corrected chi connectivity index (χ0v) is 5.97. The molecule has 2 heteroatoms. The van der Waals surface area contributed by atoms with Gasteiger partial charge in [-0.15, -0.1) is 0 Å². The lowest BCUT2D eigenvalue weighted by atomic mass is 10.0. The zero-order valence-electron chi connectivity index (χ0n) is 5.97. The Hall–Kier alpha value is -0.0800. The van der Waals surface area contributed by atoms with Crippen molar-refractivity contribution in [1.29, 1.82) is 0 Å². The van der Waals surface area contributed by atoms with Crippen LogP contribution in [0.4, 0.5) is 0 Å². The van der Waals surface area contributed by atoms with E-state index in [1.165, 1.54) is 0 Å². The fourth-order valence-electron chi connectivity index (χ4n) is 1.28. The Morgan fingerprint density at radius 3 is 2.89 bits per heavy atom. The molecule has 0 spiro atoms. The number of hydrogen-bond donors (Lipinski definition) is 1. The van der Waals surface area contributed by atoms with E-state index in [1.807, 2.05) is 0 Å². The monoisotopic (exact) mass is 129 g/mol. The zero-order chi connectivity index (χ0) is 6.69. The van der Waals surface area contributed by atoms with Crippen molar-refractivity contribution in [2.45, 2.75) is 38.3 Å². The molecule has 1 rings (SSSR count). The molecule has 0 bridgehead atoms. The summed E-state index contributed by atoms with van der Waals surface area (Å²) in [6.07, 6.45) is 3.66. The predicted molar refractivity (Wildman–Crippen MR) is 37.2 cm³/mol. The summed E-state index contributed by atoms with van der Waals surface area (Å²) in [6, 6.07) is 0.295. The molecule has 2 atom stereocenters. The van der Waals surface area contributed by atoms with Gasteiger partial charge in [-0.25, -0.2) is 0 Å². The van der Waals surface area contributed by atoms with Gasteiger partial charge in [0.2, 0.25) is 0 Å². The molecule has 54 valence electrons. The Morgan fingerprint density at radius 1 is 1.67 bits per heavy atom. The summed E-state index contributed by atoms with van der Waals surface area (Å²) in [4.78, 5) is 0. The maximum absolute atomic E-state index is 5.76. The Kier molecular flexibility index (Phi) is 2.49. The molecule has 1 aliphatic heterocycles. The highest BCUT2D eigenvalue weighted by Crippen LogP contribution is 2.13. The molecule has 0 aromatic rings. The summed E-state index contributed by atoms with van der Waals surface area (Å²) >= 11 is 0. The fraction of sp³-hybridized carbons (Fsp3) is 1.00. The topological polar surface area (TPSA) is 35.2 Å². The molecule has 0 aromatic heterocycles. The Labute approximate surface area is 56.4 Å². The molecule has 0 aromatic carbocycles. The molecule has 0 unspecified atom stereocenters. The van der Waals surface area contributed by atoms with Gasteiger partial charge in [0, 0.05) is 12.6 Å². The summed E-state index contributed by atoms with van der Waals surface area (Å²) in [5.74, 6) is 0. The summed E-state index contributed by atoms with van der Waals surface area (Å²) in [7, 11) is 0. The maximum Gasteiger partial charge on any atom is 0.0723 e. The van der Waals surface area contributed by atoms with Crippen LogP contribution in [0.25, 0.3) is 0 Å². The molecule has 2 nitrogen and oxygen atoms in total. The van der Waals surface area contributed by atoms with Crippen molar-refractivity contribution in [2.75, 3.05) is 6.61 Å². The summed E-state index contributed by atoms with van der Waals surface area (Å²) in [6.45, 7) is 3.03. The van der Waals surface area contributed by atoms with Crippen LogP contribution in [0.3, 0.4) is 0 Å². The first-order valence-electron chi connectivity index (χ1n) is 3.71. The van der Waals surface area contributed by atoms with Crippen molar-refractivity contribution in [3.05, 3.63) is 0 Å². The number of rotatable bonds is 1. The summed E-state index contributed by atoms with van der Waals surface area (Å²) < 4.78 is 5.41. The third-order valence-electron chi connectivity index (χ3n) is 1.89. The van der Waals surface area contributed by atoms with Crippen molar-refractivity contribution in [3.63, 3.8) is 0 Å². The minimum atomic E-state index is 0.295. The fourth-order valence-corrected chi connectivity index (χ4v) is 1.28. The molecule has 1 fully saturated rings. The lowest BCUT2D eigenvalue weighted by Gasteiger charge is -2.27. The predicted octanol–water partition coefficient (Wildman–Crippen LogP) is 0.903. The van der Waals surface area contributed by atoms with E-state index in [0.29, 0.717) is 12.1 Å². The van der Waals surface area contributed by atoms with E-state index < -0.39 is 0 Å². The van der Waals surface area contributed by atoms with Crippen molar-refractivity contribution >= 4 is 0 Å². The standard InChI is InChI=1S/C7H15NO/c1-2-7-6(8)4-3-5-9-7/h6-7H,2-5,8H2,1H3/t6-,7-/m0/s1. The SMILES string of the molecule is CC[C@@H]1OCCC[C@@H]1N. The average Bonchev–Trinajstić information content (AvgIpc) is 1.89. The van der Waals surface area contributed by atoms with Crippen LogP contribution < -0.4 is 5.73 Å². The van der Waals surface area contributed by atoms with Crippen LogP contribution in [0.15, 0.2) is 0 Å². The van der Waals surface area contributed by atoms with Crippen molar-refractivity contribution in [3.8, 4) is 0 Å². The molecule has 0 aliphatic carbocycles. The van der Waals surface area contributed by atoms with Crippen LogP contribution in [0, 0.1) is 0 Å². The van der Waals surface area contributed by atoms with Gasteiger partial charge in [-0.1, -0.05) is 6.92 Å². The van der Waals surface area contributed by atoms with E-state index in [2.05, 4.69) is 6.92 Å². The highest BCUT2D eigenvalue weighted by Gasteiger charge is 2.19. The van der Waals surface area contributed by atoms with Crippen LogP contribution in [-0.2, 0) is 4.74 Å². The Morgan fingerprint density at radius 2 is 2.44 bits per heavy atom. The average molecular weight is 129 g/mol. The van der Waals surface area contributed by atoms with Crippen LogP contribution in [0.2, 0.25) is 0 Å². The maximum atomic E-state index is 5.76. The lowest BCUT2D eigenvalue weighted by molar-refractivity contribution is -0.000160. The van der Waals surface area contributed by atoms with Crippen LogP contribution in [-0.4, -0.2) is 18.8 Å². The molecule has 0 saturated carbocycles. The van der Waals surface area contributed by atoms with Gasteiger partial charge in [-0.05, 0) is 19.3 Å². The second-order valence-corrected chi connectivity index (χ2v) is 2.62.